The molecule has 4 rings (SSSR count). The minimum Gasteiger partial charge on any atom is -0.484 e. The quantitative estimate of drug-likeness (QED) is 0.420. The Balaban J connectivity index is 1.43. The summed E-state index contributed by atoms with van der Waals surface area (Å²) in [5.41, 5.74) is 0.421. The van der Waals surface area contributed by atoms with Gasteiger partial charge in [-0.2, -0.15) is 22.0 Å². The molecule has 196 valence electrons. The van der Waals surface area contributed by atoms with Crippen molar-refractivity contribution in [2.24, 2.45) is 0 Å². The zero-order valence-electron chi connectivity index (χ0n) is 19.2. The number of imide groups is 1. The van der Waals surface area contributed by atoms with E-state index in [4.69, 9.17) is 0 Å². The standard InChI is InChI=1S/C25H21F5N2O5/c26-24(27,28)13-37-19-4-2-1-3-17(19)25(29,30)20(33)9-6-14-5-7-16-15(11-14)12-32(23(16)36)18-8-10-21(34)31-22(18)35/h1-5,7,11,18H,6,8-10,12-13H2,(H,31,34,35). The number of rotatable bonds is 8. The third-order valence-corrected chi connectivity index (χ3v) is 6.20. The van der Waals surface area contributed by atoms with Crippen molar-refractivity contribution in [1.29, 1.82) is 0 Å². The van der Waals surface area contributed by atoms with Gasteiger partial charge in [0.1, 0.15) is 11.8 Å². The Morgan fingerprint density at radius 2 is 1.78 bits per heavy atom. The summed E-state index contributed by atoms with van der Waals surface area (Å²) in [7, 11) is 0. The SMILES string of the molecule is O=C1CCC(N2Cc3cc(CCC(=O)C(F)(F)c4ccccc4OCC(F)(F)F)ccc3C2=O)C(=O)N1. The number of Topliss-reactive ketones (excluding diaryl/α,β-unsaturated/α-hetero) is 1. The predicted molar refractivity (Wildman–Crippen MR) is 118 cm³/mol. The maximum absolute atomic E-state index is 14.9. The Labute approximate surface area is 207 Å². The van der Waals surface area contributed by atoms with E-state index in [1.54, 1.807) is 6.07 Å². The number of para-hydroxylation sites is 1. The number of ketones is 1. The first-order chi connectivity index (χ1) is 17.4. The van der Waals surface area contributed by atoms with Gasteiger partial charge in [-0.15, -0.1) is 0 Å². The zero-order valence-corrected chi connectivity index (χ0v) is 19.2. The van der Waals surface area contributed by atoms with Crippen LogP contribution < -0.4 is 10.1 Å². The third-order valence-electron chi connectivity index (χ3n) is 6.20. The first-order valence-corrected chi connectivity index (χ1v) is 11.3. The average molecular weight is 524 g/mol. The van der Waals surface area contributed by atoms with Gasteiger partial charge < -0.3 is 9.64 Å². The molecule has 2 aliphatic rings. The molecule has 0 spiro atoms. The molecule has 2 heterocycles. The van der Waals surface area contributed by atoms with Crippen LogP contribution in [-0.4, -0.2) is 47.2 Å². The molecule has 0 radical (unpaired) electrons. The number of piperidine rings is 1. The molecule has 0 aliphatic carbocycles. The van der Waals surface area contributed by atoms with Crippen LogP contribution in [0.2, 0.25) is 0 Å². The fraction of sp³-hybridized carbons (Fsp3) is 0.360. The van der Waals surface area contributed by atoms with Crippen LogP contribution >= 0.6 is 0 Å². The maximum Gasteiger partial charge on any atom is 0.422 e. The second kappa shape index (κ2) is 9.91. The van der Waals surface area contributed by atoms with Gasteiger partial charge in [-0.3, -0.25) is 24.5 Å². The number of carbonyl (C=O) groups excluding carboxylic acids is 4. The monoisotopic (exact) mass is 524 g/mol. The number of halogens is 5. The Morgan fingerprint density at radius 3 is 2.49 bits per heavy atom. The molecule has 7 nitrogen and oxygen atoms in total. The van der Waals surface area contributed by atoms with Crippen LogP contribution in [0.4, 0.5) is 22.0 Å². The van der Waals surface area contributed by atoms with Crippen molar-refractivity contribution in [2.75, 3.05) is 6.61 Å². The molecule has 1 saturated heterocycles. The van der Waals surface area contributed by atoms with Crippen LogP contribution in [0.5, 0.6) is 5.75 Å². The van der Waals surface area contributed by atoms with E-state index in [-0.39, 0.29) is 25.8 Å². The summed E-state index contributed by atoms with van der Waals surface area (Å²) in [5.74, 6) is -7.69. The van der Waals surface area contributed by atoms with E-state index in [1.807, 2.05) is 0 Å². The zero-order chi connectivity index (χ0) is 27.0. The van der Waals surface area contributed by atoms with Crippen molar-refractivity contribution in [3.8, 4) is 5.75 Å². The van der Waals surface area contributed by atoms with Gasteiger partial charge in [-0.05, 0) is 42.2 Å². The summed E-state index contributed by atoms with van der Waals surface area (Å²) < 4.78 is 71.7. The van der Waals surface area contributed by atoms with Gasteiger partial charge in [-0.25, -0.2) is 0 Å². The van der Waals surface area contributed by atoms with Crippen LogP contribution in [0.1, 0.15) is 46.3 Å². The van der Waals surface area contributed by atoms with E-state index >= 15 is 0 Å². The van der Waals surface area contributed by atoms with Gasteiger partial charge in [0.15, 0.2) is 6.61 Å². The number of hydrogen-bond donors (Lipinski definition) is 1. The highest BCUT2D eigenvalue weighted by Gasteiger charge is 2.43. The molecule has 2 aliphatic heterocycles. The number of nitrogens with zero attached hydrogens (tertiary/aromatic N) is 1. The summed E-state index contributed by atoms with van der Waals surface area (Å²) in [6.45, 7) is -1.69. The molecule has 1 fully saturated rings. The molecule has 37 heavy (non-hydrogen) atoms. The van der Waals surface area contributed by atoms with Gasteiger partial charge in [0.25, 0.3) is 5.91 Å². The first-order valence-electron chi connectivity index (χ1n) is 11.3. The number of carbonyl (C=O) groups is 4. The summed E-state index contributed by atoms with van der Waals surface area (Å²) in [4.78, 5) is 50.1. The number of benzene rings is 2. The number of hydrogen-bond acceptors (Lipinski definition) is 5. The summed E-state index contributed by atoms with van der Waals surface area (Å²) in [5, 5.41) is 2.20. The van der Waals surface area contributed by atoms with Crippen molar-refractivity contribution in [2.45, 2.75) is 50.4 Å². The number of aryl methyl sites for hydroxylation is 1. The van der Waals surface area contributed by atoms with Crippen molar-refractivity contribution < 1.29 is 45.9 Å². The van der Waals surface area contributed by atoms with Gasteiger partial charge in [0.05, 0.1) is 5.56 Å². The van der Waals surface area contributed by atoms with Crippen molar-refractivity contribution in [3.63, 3.8) is 0 Å². The largest absolute Gasteiger partial charge is 0.484 e. The van der Waals surface area contributed by atoms with Crippen LogP contribution in [0.25, 0.3) is 0 Å². The van der Waals surface area contributed by atoms with Crippen LogP contribution in [0, 0.1) is 0 Å². The lowest BCUT2D eigenvalue weighted by Crippen LogP contribution is -2.52. The second-order valence-electron chi connectivity index (χ2n) is 8.79. The molecule has 2 aromatic rings. The fourth-order valence-corrected chi connectivity index (χ4v) is 4.36. The van der Waals surface area contributed by atoms with Crippen LogP contribution in [-0.2, 0) is 33.3 Å². The van der Waals surface area contributed by atoms with Crippen molar-refractivity contribution in [1.82, 2.24) is 10.2 Å². The lowest BCUT2D eigenvalue weighted by molar-refractivity contribution is -0.155. The molecular weight excluding hydrogens is 503 g/mol. The highest BCUT2D eigenvalue weighted by atomic mass is 19.4. The van der Waals surface area contributed by atoms with E-state index in [0.717, 1.165) is 12.1 Å². The number of nitrogens with one attached hydrogen (secondary N) is 1. The lowest BCUT2D eigenvalue weighted by atomic mass is 9.97. The Hall–Kier alpha value is -3.83. The minimum absolute atomic E-state index is 0.0856. The highest BCUT2D eigenvalue weighted by molar-refractivity contribution is 6.05. The Morgan fingerprint density at radius 1 is 1.05 bits per heavy atom. The smallest absolute Gasteiger partial charge is 0.422 e. The van der Waals surface area contributed by atoms with E-state index in [0.29, 0.717) is 16.7 Å². The van der Waals surface area contributed by atoms with Crippen molar-refractivity contribution >= 4 is 23.5 Å². The minimum atomic E-state index is -4.74. The predicted octanol–water partition coefficient (Wildman–Crippen LogP) is 3.68. The van der Waals surface area contributed by atoms with Crippen LogP contribution in [0.3, 0.4) is 0 Å². The second-order valence-corrected chi connectivity index (χ2v) is 8.79. The molecule has 1 unspecified atom stereocenters. The molecular formula is C25H21F5N2O5. The molecule has 0 bridgehead atoms. The third kappa shape index (κ3) is 5.62. The molecule has 2 aromatic carbocycles. The highest BCUT2D eigenvalue weighted by Crippen LogP contribution is 2.37. The first kappa shape index (κ1) is 26.2. The fourth-order valence-electron chi connectivity index (χ4n) is 4.36. The van der Waals surface area contributed by atoms with E-state index in [9.17, 15) is 41.1 Å². The summed E-state index contributed by atoms with van der Waals surface area (Å²) in [6.07, 6.45) is -5.18. The molecule has 12 heteroatoms. The van der Waals surface area contributed by atoms with Gasteiger partial charge in [0.2, 0.25) is 17.6 Å². The summed E-state index contributed by atoms with van der Waals surface area (Å²) >= 11 is 0. The topological polar surface area (TPSA) is 92.8 Å². The molecule has 3 amide bonds. The summed E-state index contributed by atoms with van der Waals surface area (Å²) in [6, 6.07) is 7.95. The Bertz CT molecular complexity index is 1260. The normalized spacial score (nSPS) is 18.0. The van der Waals surface area contributed by atoms with Gasteiger partial charge >= 0.3 is 12.1 Å². The maximum atomic E-state index is 14.9. The van der Waals surface area contributed by atoms with Crippen molar-refractivity contribution in [3.05, 3.63) is 64.7 Å². The van der Waals surface area contributed by atoms with Gasteiger partial charge in [-0.1, -0.05) is 24.3 Å². The van der Waals surface area contributed by atoms with E-state index in [1.165, 1.54) is 29.2 Å². The number of alkyl halides is 5. The molecule has 1 atom stereocenters. The number of ether oxygens (including phenoxy) is 1. The number of fused-ring (bicyclic) bond motifs is 1. The molecule has 0 aromatic heterocycles. The average Bonchev–Trinajstić information content (AvgIpc) is 3.16. The van der Waals surface area contributed by atoms with E-state index in [2.05, 4.69) is 10.1 Å². The van der Waals surface area contributed by atoms with E-state index < -0.39 is 66.0 Å². The molecule has 0 saturated carbocycles. The Kier molecular flexibility index (Phi) is 7.03. The lowest BCUT2D eigenvalue weighted by Gasteiger charge is -2.29. The van der Waals surface area contributed by atoms with Gasteiger partial charge in [0, 0.05) is 24.9 Å². The molecule has 1 N–H and O–H groups in total. The number of amides is 3. The van der Waals surface area contributed by atoms with Crippen LogP contribution in [0.15, 0.2) is 42.5 Å².